The number of aliphatic hydroxyl groups excluding tert-OH is 1. The highest BCUT2D eigenvalue weighted by Gasteiger charge is 2.54. The average Bonchev–Trinajstić information content (AvgIpc) is 2.75. The number of nitriles is 1. The first-order chi connectivity index (χ1) is 14.5. The molecule has 7 nitrogen and oxygen atoms in total. The highest BCUT2D eigenvalue weighted by molar-refractivity contribution is 5.53. The summed E-state index contributed by atoms with van der Waals surface area (Å²) in [5, 5.41) is 36.5. The van der Waals surface area contributed by atoms with Gasteiger partial charge in [0, 0.05) is 18.7 Å². The monoisotopic (exact) mass is 405 g/mol. The van der Waals surface area contributed by atoms with E-state index in [1.54, 1.807) is 12.1 Å². The zero-order valence-corrected chi connectivity index (χ0v) is 16.9. The van der Waals surface area contributed by atoms with Gasteiger partial charge >= 0.3 is 0 Å². The summed E-state index contributed by atoms with van der Waals surface area (Å²) >= 11 is 0. The number of aromatic nitrogens is 2. The van der Waals surface area contributed by atoms with Crippen LogP contribution < -0.4 is 10.6 Å². The fraction of sp³-hybridized carbons (Fsp3) is 0.522. The van der Waals surface area contributed by atoms with Gasteiger partial charge in [-0.25, -0.2) is 4.98 Å². The van der Waals surface area contributed by atoms with Crippen LogP contribution in [0, 0.1) is 34.5 Å². The van der Waals surface area contributed by atoms with Crippen molar-refractivity contribution < 1.29 is 10.2 Å². The van der Waals surface area contributed by atoms with Gasteiger partial charge in [0.15, 0.2) is 0 Å². The largest absolute Gasteiger partial charge is 0.508 e. The van der Waals surface area contributed by atoms with E-state index in [0.29, 0.717) is 35.7 Å². The molecule has 156 valence electrons. The number of anilines is 2. The van der Waals surface area contributed by atoms with E-state index in [9.17, 15) is 15.5 Å². The lowest BCUT2D eigenvalue weighted by Crippen LogP contribution is -2.55. The van der Waals surface area contributed by atoms with Gasteiger partial charge in [-0.2, -0.15) is 10.2 Å². The van der Waals surface area contributed by atoms with Crippen LogP contribution in [0.4, 0.5) is 11.8 Å². The van der Waals surface area contributed by atoms with E-state index in [1.165, 1.54) is 12.6 Å². The normalized spacial score (nSPS) is 31.3. The molecule has 4 aliphatic rings. The molecular weight excluding hydrogens is 378 g/mol. The number of para-hydroxylation sites is 1. The van der Waals surface area contributed by atoms with Crippen LogP contribution in [-0.2, 0) is 6.54 Å². The fourth-order valence-electron chi connectivity index (χ4n) is 6.17. The Morgan fingerprint density at radius 2 is 1.90 bits per heavy atom. The van der Waals surface area contributed by atoms with Gasteiger partial charge in [0.05, 0.1) is 12.3 Å². The number of aliphatic hydroxyl groups is 1. The molecule has 0 radical (unpaired) electrons. The smallest absolute Gasteiger partial charge is 0.224 e. The Morgan fingerprint density at radius 1 is 1.13 bits per heavy atom. The quantitative estimate of drug-likeness (QED) is 0.583. The number of benzene rings is 1. The molecular formula is C23H27N5O2. The summed E-state index contributed by atoms with van der Waals surface area (Å²) in [5.74, 6) is 2.76. The summed E-state index contributed by atoms with van der Waals surface area (Å²) in [6.45, 7) is 1.17. The molecule has 0 amide bonds. The van der Waals surface area contributed by atoms with Gasteiger partial charge in [0.2, 0.25) is 5.95 Å². The fourth-order valence-corrected chi connectivity index (χ4v) is 6.17. The minimum Gasteiger partial charge on any atom is -0.508 e. The molecule has 4 N–H and O–H groups in total. The van der Waals surface area contributed by atoms with Crippen LogP contribution in [0.5, 0.6) is 5.75 Å². The summed E-state index contributed by atoms with van der Waals surface area (Å²) in [4.78, 5) is 8.77. The second-order valence-corrected chi connectivity index (χ2v) is 9.36. The van der Waals surface area contributed by atoms with Gasteiger partial charge < -0.3 is 20.8 Å². The summed E-state index contributed by atoms with van der Waals surface area (Å²) in [6, 6.07) is 9.31. The van der Waals surface area contributed by atoms with Crippen molar-refractivity contribution in [2.24, 2.45) is 23.2 Å². The van der Waals surface area contributed by atoms with Gasteiger partial charge in [0.25, 0.3) is 0 Å². The van der Waals surface area contributed by atoms with Crippen LogP contribution in [0.15, 0.2) is 30.5 Å². The number of nitrogens with zero attached hydrogens (tertiary/aromatic N) is 3. The highest BCUT2D eigenvalue weighted by atomic mass is 16.3. The molecule has 6 rings (SSSR count). The third kappa shape index (κ3) is 3.46. The van der Waals surface area contributed by atoms with Crippen molar-refractivity contribution in [2.45, 2.75) is 44.8 Å². The standard InChI is InChI=1S/C23H27N5O2/c24-10-18-12-26-22(25-11-15-3-1-2-4-19(15)29)28-21(18)27-13-23-7-14-5-16(8-23)20(30)17(6-14)9-23/h1-4,12,14,16-17,20,29-30H,5-9,11,13H2,(H2,25,26,27,28)/t14?,16-,17+,20?,23+. The SMILES string of the molecule is N#Cc1cnc(NCc2ccccc2O)nc1NC[C@@]12CC3C[C@H](C1)C(O)[C@@H](C3)C2. The van der Waals surface area contributed by atoms with Gasteiger partial charge in [-0.1, -0.05) is 18.2 Å². The average molecular weight is 406 g/mol. The Balaban J connectivity index is 1.29. The van der Waals surface area contributed by atoms with E-state index in [0.717, 1.165) is 43.7 Å². The second kappa shape index (κ2) is 7.44. The molecule has 5 atom stereocenters. The molecule has 1 heterocycles. The highest BCUT2D eigenvalue weighted by Crippen LogP contribution is 2.59. The molecule has 7 heteroatoms. The molecule has 0 spiro atoms. The van der Waals surface area contributed by atoms with E-state index in [4.69, 9.17) is 0 Å². The number of phenolic OH excluding ortho intramolecular Hbond substituents is 1. The Morgan fingerprint density at radius 3 is 2.63 bits per heavy atom. The third-order valence-electron chi connectivity index (χ3n) is 7.32. The molecule has 4 fully saturated rings. The van der Waals surface area contributed by atoms with Gasteiger partial charge in [-0.05, 0) is 61.3 Å². The minimum atomic E-state index is -0.131. The second-order valence-electron chi connectivity index (χ2n) is 9.36. The zero-order chi connectivity index (χ0) is 20.7. The molecule has 4 bridgehead atoms. The summed E-state index contributed by atoms with van der Waals surface area (Å²) in [6.07, 6.45) is 7.04. The molecule has 4 saturated carbocycles. The van der Waals surface area contributed by atoms with Crippen LogP contribution in [0.3, 0.4) is 0 Å². The summed E-state index contributed by atoms with van der Waals surface area (Å²) < 4.78 is 0. The van der Waals surface area contributed by atoms with Gasteiger partial charge in [0.1, 0.15) is 23.2 Å². The Labute approximate surface area is 176 Å². The molecule has 2 unspecified atom stereocenters. The summed E-state index contributed by atoms with van der Waals surface area (Å²) in [7, 11) is 0. The van der Waals surface area contributed by atoms with Crippen LogP contribution in [0.25, 0.3) is 0 Å². The number of hydrogen-bond donors (Lipinski definition) is 4. The number of hydrogen-bond acceptors (Lipinski definition) is 7. The van der Waals surface area contributed by atoms with Crippen LogP contribution in [-0.4, -0.2) is 32.8 Å². The lowest BCUT2D eigenvalue weighted by molar-refractivity contribution is -0.129. The first-order valence-corrected chi connectivity index (χ1v) is 10.7. The first kappa shape index (κ1) is 19.1. The molecule has 1 aromatic heterocycles. The van der Waals surface area contributed by atoms with Crippen molar-refractivity contribution in [2.75, 3.05) is 17.2 Å². The minimum absolute atomic E-state index is 0.131. The maximum Gasteiger partial charge on any atom is 0.224 e. The molecule has 30 heavy (non-hydrogen) atoms. The lowest BCUT2D eigenvalue weighted by Gasteiger charge is -2.59. The van der Waals surface area contributed by atoms with E-state index < -0.39 is 0 Å². The van der Waals surface area contributed by atoms with E-state index in [1.807, 2.05) is 12.1 Å². The molecule has 4 aliphatic carbocycles. The molecule has 0 aliphatic heterocycles. The van der Waals surface area contributed by atoms with E-state index in [2.05, 4.69) is 26.7 Å². The van der Waals surface area contributed by atoms with Gasteiger partial charge in [-0.15, -0.1) is 0 Å². The van der Waals surface area contributed by atoms with E-state index in [-0.39, 0.29) is 17.3 Å². The topological polar surface area (TPSA) is 114 Å². The van der Waals surface area contributed by atoms with Crippen molar-refractivity contribution in [3.63, 3.8) is 0 Å². The maximum absolute atomic E-state index is 10.5. The number of phenols is 1. The summed E-state index contributed by atoms with van der Waals surface area (Å²) in [5.41, 5.74) is 1.37. The predicted octanol–water partition coefficient (Wildman–Crippen LogP) is 3.27. The van der Waals surface area contributed by atoms with Gasteiger partial charge in [-0.3, -0.25) is 0 Å². The van der Waals surface area contributed by atoms with Crippen LogP contribution in [0.2, 0.25) is 0 Å². The lowest BCUT2D eigenvalue weighted by atomic mass is 9.48. The van der Waals surface area contributed by atoms with Crippen molar-refractivity contribution in [1.82, 2.24) is 9.97 Å². The predicted molar refractivity (Wildman–Crippen MR) is 113 cm³/mol. The molecule has 2 aromatic rings. The van der Waals surface area contributed by atoms with Crippen molar-refractivity contribution >= 4 is 11.8 Å². The Hall–Kier alpha value is -2.85. The third-order valence-corrected chi connectivity index (χ3v) is 7.32. The van der Waals surface area contributed by atoms with Crippen molar-refractivity contribution in [3.8, 4) is 11.8 Å². The van der Waals surface area contributed by atoms with Crippen LogP contribution in [0.1, 0.15) is 43.2 Å². The van der Waals surface area contributed by atoms with Crippen LogP contribution >= 0.6 is 0 Å². The Kier molecular flexibility index (Phi) is 4.75. The Bertz CT molecular complexity index is 972. The number of rotatable bonds is 6. The number of aromatic hydroxyl groups is 1. The van der Waals surface area contributed by atoms with Crippen molar-refractivity contribution in [3.05, 3.63) is 41.6 Å². The van der Waals surface area contributed by atoms with Crippen molar-refractivity contribution in [1.29, 1.82) is 5.26 Å². The first-order valence-electron chi connectivity index (χ1n) is 10.7. The van der Waals surface area contributed by atoms with E-state index >= 15 is 0 Å². The maximum atomic E-state index is 10.5. The molecule has 0 saturated heterocycles. The number of nitrogens with one attached hydrogen (secondary N) is 2. The molecule has 1 aromatic carbocycles. The zero-order valence-electron chi connectivity index (χ0n) is 16.9.